The van der Waals surface area contributed by atoms with Crippen LogP contribution < -0.4 is 11.3 Å². The zero-order valence-electron chi connectivity index (χ0n) is 10.3. The number of carbonyl (C=O) groups is 1. The predicted molar refractivity (Wildman–Crippen MR) is 65.5 cm³/mol. The molecule has 18 heavy (non-hydrogen) atoms. The molecule has 0 unspecified atom stereocenters. The van der Waals surface area contributed by atoms with E-state index in [9.17, 15) is 4.79 Å². The van der Waals surface area contributed by atoms with Crippen LogP contribution in [0.2, 0.25) is 0 Å². The molecule has 0 atom stereocenters. The summed E-state index contributed by atoms with van der Waals surface area (Å²) in [6, 6.07) is 2.27. The minimum Gasteiger partial charge on any atom is -0.459 e. The van der Waals surface area contributed by atoms with Crippen LogP contribution in [0.5, 0.6) is 0 Å². The normalized spacial score (nSPS) is 15.7. The van der Waals surface area contributed by atoms with Gasteiger partial charge >= 0.3 is 5.91 Å². The molecule has 4 N–H and O–H groups in total. The Labute approximate surface area is 106 Å². The van der Waals surface area contributed by atoms with E-state index in [0.29, 0.717) is 19.1 Å². The first-order chi connectivity index (χ1) is 8.76. The van der Waals surface area contributed by atoms with Crippen LogP contribution >= 0.6 is 0 Å². The first kappa shape index (κ1) is 13.1. The SMILES string of the molecule is NNC(=O)c1occc1CN(CCO)C1CCC1. The number of hydrogen-bond acceptors (Lipinski definition) is 5. The van der Waals surface area contributed by atoms with Gasteiger partial charge in [-0.3, -0.25) is 15.1 Å². The van der Waals surface area contributed by atoms with E-state index in [2.05, 4.69) is 10.3 Å². The Hall–Kier alpha value is -1.37. The van der Waals surface area contributed by atoms with Crippen molar-refractivity contribution in [2.24, 2.45) is 5.84 Å². The van der Waals surface area contributed by atoms with Gasteiger partial charge in [0.2, 0.25) is 0 Å². The minimum atomic E-state index is -0.424. The van der Waals surface area contributed by atoms with Gasteiger partial charge in [0.05, 0.1) is 12.9 Å². The number of nitrogens with zero attached hydrogens (tertiary/aromatic N) is 1. The van der Waals surface area contributed by atoms with Crippen LogP contribution in [0.15, 0.2) is 16.7 Å². The number of carbonyl (C=O) groups excluding carboxylic acids is 1. The van der Waals surface area contributed by atoms with E-state index in [4.69, 9.17) is 15.4 Å². The van der Waals surface area contributed by atoms with Gasteiger partial charge in [-0.1, -0.05) is 6.42 Å². The second-order valence-electron chi connectivity index (χ2n) is 4.53. The van der Waals surface area contributed by atoms with Gasteiger partial charge in [-0.05, 0) is 18.9 Å². The summed E-state index contributed by atoms with van der Waals surface area (Å²) < 4.78 is 5.15. The van der Waals surface area contributed by atoms with Crippen LogP contribution in [0.3, 0.4) is 0 Å². The van der Waals surface area contributed by atoms with Crippen molar-refractivity contribution < 1.29 is 14.3 Å². The Kier molecular flexibility index (Phi) is 4.35. The number of hydrazine groups is 1. The Balaban J connectivity index is 2.06. The van der Waals surface area contributed by atoms with Gasteiger partial charge in [-0.25, -0.2) is 5.84 Å². The van der Waals surface area contributed by atoms with Gasteiger partial charge in [-0.2, -0.15) is 0 Å². The average Bonchev–Trinajstić information content (AvgIpc) is 2.74. The first-order valence-corrected chi connectivity index (χ1v) is 6.18. The highest BCUT2D eigenvalue weighted by molar-refractivity contribution is 5.92. The van der Waals surface area contributed by atoms with E-state index in [1.165, 1.54) is 12.7 Å². The lowest BCUT2D eigenvalue weighted by molar-refractivity contribution is 0.0886. The lowest BCUT2D eigenvalue weighted by Crippen LogP contribution is -2.41. The van der Waals surface area contributed by atoms with Crippen molar-refractivity contribution in [2.75, 3.05) is 13.2 Å². The summed E-state index contributed by atoms with van der Waals surface area (Å²) in [5.74, 6) is 4.93. The molecule has 2 rings (SSSR count). The van der Waals surface area contributed by atoms with Gasteiger partial charge in [0.1, 0.15) is 0 Å². The van der Waals surface area contributed by atoms with Crippen LogP contribution in [0, 0.1) is 0 Å². The number of nitrogens with one attached hydrogen (secondary N) is 1. The van der Waals surface area contributed by atoms with Gasteiger partial charge in [0, 0.05) is 24.7 Å². The van der Waals surface area contributed by atoms with Gasteiger partial charge in [-0.15, -0.1) is 0 Å². The number of hydrogen-bond donors (Lipinski definition) is 3. The molecule has 1 aromatic heterocycles. The van der Waals surface area contributed by atoms with Crippen LogP contribution in [-0.2, 0) is 6.54 Å². The number of rotatable bonds is 6. The van der Waals surface area contributed by atoms with Crippen molar-refractivity contribution in [1.82, 2.24) is 10.3 Å². The number of amides is 1. The molecule has 1 amide bonds. The smallest absolute Gasteiger partial charge is 0.301 e. The molecule has 0 radical (unpaired) electrons. The average molecular weight is 253 g/mol. The quantitative estimate of drug-likeness (QED) is 0.383. The summed E-state index contributed by atoms with van der Waals surface area (Å²) >= 11 is 0. The van der Waals surface area contributed by atoms with Crippen LogP contribution in [0.25, 0.3) is 0 Å². The molecule has 0 bridgehead atoms. The van der Waals surface area contributed by atoms with Crippen LogP contribution in [-0.4, -0.2) is 35.1 Å². The van der Waals surface area contributed by atoms with E-state index >= 15 is 0 Å². The van der Waals surface area contributed by atoms with Gasteiger partial charge < -0.3 is 9.52 Å². The number of aliphatic hydroxyl groups is 1. The largest absolute Gasteiger partial charge is 0.459 e. The molecule has 100 valence electrons. The lowest BCUT2D eigenvalue weighted by Gasteiger charge is -2.37. The molecule has 6 heteroatoms. The Morgan fingerprint density at radius 2 is 2.39 bits per heavy atom. The zero-order valence-corrected chi connectivity index (χ0v) is 10.3. The molecule has 1 aliphatic rings. The Morgan fingerprint density at radius 3 is 2.94 bits per heavy atom. The van der Waals surface area contributed by atoms with Crippen LogP contribution in [0.1, 0.15) is 35.4 Å². The maximum atomic E-state index is 11.5. The molecule has 1 aliphatic carbocycles. The molecule has 0 aromatic carbocycles. The fourth-order valence-corrected chi connectivity index (χ4v) is 2.21. The van der Waals surface area contributed by atoms with Crippen molar-refractivity contribution >= 4 is 5.91 Å². The maximum Gasteiger partial charge on any atom is 0.301 e. The zero-order chi connectivity index (χ0) is 13.0. The van der Waals surface area contributed by atoms with E-state index < -0.39 is 5.91 Å². The molecular formula is C12H19N3O3. The summed E-state index contributed by atoms with van der Waals surface area (Å²) in [4.78, 5) is 13.7. The molecule has 6 nitrogen and oxygen atoms in total. The fourth-order valence-electron chi connectivity index (χ4n) is 2.21. The summed E-state index contributed by atoms with van der Waals surface area (Å²) in [6.07, 6.45) is 5.01. The van der Waals surface area contributed by atoms with Crippen molar-refractivity contribution in [1.29, 1.82) is 0 Å². The molecule has 0 saturated heterocycles. The summed E-state index contributed by atoms with van der Waals surface area (Å²) in [7, 11) is 0. The Bertz CT molecular complexity index is 401. The number of aliphatic hydroxyl groups excluding tert-OH is 1. The second-order valence-corrected chi connectivity index (χ2v) is 4.53. The van der Waals surface area contributed by atoms with E-state index in [0.717, 1.165) is 18.4 Å². The lowest BCUT2D eigenvalue weighted by atomic mass is 9.91. The van der Waals surface area contributed by atoms with Gasteiger partial charge in [0.25, 0.3) is 0 Å². The standard InChI is InChI=1S/C12H19N3O3/c13-14-12(17)11-9(4-7-18-11)8-15(5-6-16)10-2-1-3-10/h4,7,10,16H,1-3,5-6,8,13H2,(H,14,17). The second kappa shape index (κ2) is 5.99. The summed E-state index contributed by atoms with van der Waals surface area (Å²) in [6.45, 7) is 1.33. The third-order valence-electron chi connectivity index (χ3n) is 3.44. The highest BCUT2D eigenvalue weighted by atomic mass is 16.3. The number of furan rings is 1. The molecule has 1 heterocycles. The van der Waals surface area contributed by atoms with Crippen molar-refractivity contribution in [3.8, 4) is 0 Å². The molecule has 1 aromatic rings. The third-order valence-corrected chi connectivity index (χ3v) is 3.44. The van der Waals surface area contributed by atoms with Crippen LogP contribution in [0.4, 0.5) is 0 Å². The third kappa shape index (κ3) is 2.72. The molecule has 1 saturated carbocycles. The van der Waals surface area contributed by atoms with E-state index in [-0.39, 0.29) is 12.4 Å². The van der Waals surface area contributed by atoms with E-state index in [1.807, 2.05) is 0 Å². The van der Waals surface area contributed by atoms with Crippen molar-refractivity contribution in [3.63, 3.8) is 0 Å². The first-order valence-electron chi connectivity index (χ1n) is 6.18. The summed E-state index contributed by atoms with van der Waals surface area (Å²) in [5.41, 5.74) is 2.87. The molecule has 0 aliphatic heterocycles. The topological polar surface area (TPSA) is 91.7 Å². The summed E-state index contributed by atoms with van der Waals surface area (Å²) in [5, 5.41) is 9.09. The molecule has 1 fully saturated rings. The molecular weight excluding hydrogens is 234 g/mol. The number of nitrogen functional groups attached to an aromatic ring is 1. The minimum absolute atomic E-state index is 0.118. The van der Waals surface area contributed by atoms with E-state index in [1.54, 1.807) is 6.07 Å². The highest BCUT2D eigenvalue weighted by Gasteiger charge is 2.26. The van der Waals surface area contributed by atoms with Gasteiger partial charge in [0.15, 0.2) is 5.76 Å². The predicted octanol–water partition coefficient (Wildman–Crippen LogP) is 0.230. The van der Waals surface area contributed by atoms with Crippen molar-refractivity contribution in [3.05, 3.63) is 23.7 Å². The number of nitrogens with two attached hydrogens (primary N) is 1. The fraction of sp³-hybridized carbons (Fsp3) is 0.583. The maximum absolute atomic E-state index is 11.5. The van der Waals surface area contributed by atoms with Crippen molar-refractivity contribution in [2.45, 2.75) is 31.8 Å². The monoisotopic (exact) mass is 253 g/mol. The molecule has 0 spiro atoms. The highest BCUT2D eigenvalue weighted by Crippen LogP contribution is 2.26. The Morgan fingerprint density at radius 1 is 1.61 bits per heavy atom.